The molecular weight excluding hydrogens is 418 g/mol. The van der Waals surface area contributed by atoms with Crippen molar-refractivity contribution in [1.82, 2.24) is 0 Å². The average Bonchev–Trinajstić information content (AvgIpc) is 2.87. The number of carbonyl (C=O) groups is 1. The van der Waals surface area contributed by atoms with Crippen LogP contribution in [0.2, 0.25) is 0 Å². The molecule has 0 fully saturated rings. The molecule has 0 radical (unpaired) electrons. The van der Waals surface area contributed by atoms with Gasteiger partial charge in [0.25, 0.3) is 5.91 Å². The Bertz CT molecular complexity index is 1280. The molecule has 0 atom stereocenters. The van der Waals surface area contributed by atoms with Crippen LogP contribution in [0, 0.1) is 0 Å². The van der Waals surface area contributed by atoms with Crippen LogP contribution in [-0.2, 0) is 6.61 Å². The smallest absolute Gasteiger partial charge is 0.255 e. The van der Waals surface area contributed by atoms with Crippen molar-refractivity contribution in [3.05, 3.63) is 90.0 Å². The fourth-order valence-electron chi connectivity index (χ4n) is 3.62. The molecule has 0 bridgehead atoms. The molecule has 4 aromatic rings. The van der Waals surface area contributed by atoms with Crippen LogP contribution in [-0.4, -0.2) is 27.2 Å². The third kappa shape index (κ3) is 4.85. The van der Waals surface area contributed by atoms with Gasteiger partial charge in [-0.1, -0.05) is 36.4 Å². The lowest BCUT2D eigenvalue weighted by molar-refractivity contribution is 0.102. The van der Waals surface area contributed by atoms with Crippen molar-refractivity contribution in [3.63, 3.8) is 0 Å². The number of amides is 1. The maximum absolute atomic E-state index is 13.0. The minimum Gasteiger partial charge on any atom is -0.497 e. The van der Waals surface area contributed by atoms with E-state index in [1.54, 1.807) is 57.7 Å². The van der Waals surface area contributed by atoms with E-state index < -0.39 is 0 Å². The molecule has 0 aromatic heterocycles. The minimum absolute atomic E-state index is 0.251. The predicted octanol–water partition coefficient (Wildman–Crippen LogP) is 5.70. The number of carbonyl (C=O) groups excluding carboxylic acids is 1. The third-order valence-electron chi connectivity index (χ3n) is 5.33. The first-order valence-corrected chi connectivity index (χ1v) is 10.4. The number of rotatable bonds is 8. The zero-order valence-electron chi connectivity index (χ0n) is 18.8. The largest absolute Gasteiger partial charge is 0.497 e. The van der Waals surface area contributed by atoms with Gasteiger partial charge in [0, 0.05) is 22.6 Å². The normalized spacial score (nSPS) is 10.5. The molecule has 0 saturated heterocycles. The standard InChI is InChI=1S/C27H25NO5/c1-30-21-12-14-26(32-3)23(16-21)28-27(29)19-11-13-24(31-2)20(15-19)17-33-25-10-6-8-18-7-4-5-9-22(18)25/h4-16H,17H2,1-3H3,(H,28,29). The van der Waals surface area contributed by atoms with Crippen molar-refractivity contribution < 1.29 is 23.7 Å². The number of anilines is 1. The monoisotopic (exact) mass is 443 g/mol. The zero-order chi connectivity index (χ0) is 23.2. The van der Waals surface area contributed by atoms with Gasteiger partial charge in [0.15, 0.2) is 0 Å². The highest BCUT2D eigenvalue weighted by atomic mass is 16.5. The Kier molecular flexibility index (Phi) is 6.64. The SMILES string of the molecule is COc1ccc(OC)c(NC(=O)c2ccc(OC)c(COc3cccc4ccccc34)c2)c1. The molecule has 0 aliphatic rings. The van der Waals surface area contributed by atoms with Gasteiger partial charge in [0.1, 0.15) is 29.6 Å². The zero-order valence-corrected chi connectivity index (χ0v) is 18.8. The van der Waals surface area contributed by atoms with E-state index in [-0.39, 0.29) is 12.5 Å². The first kappa shape index (κ1) is 22.0. The number of fused-ring (bicyclic) bond motifs is 1. The molecule has 0 heterocycles. The summed E-state index contributed by atoms with van der Waals surface area (Å²) in [6.45, 7) is 0.251. The van der Waals surface area contributed by atoms with Crippen molar-refractivity contribution in [2.24, 2.45) is 0 Å². The topological polar surface area (TPSA) is 66.0 Å². The van der Waals surface area contributed by atoms with E-state index in [2.05, 4.69) is 5.32 Å². The average molecular weight is 443 g/mol. The summed E-state index contributed by atoms with van der Waals surface area (Å²) in [5.74, 6) is 2.29. The van der Waals surface area contributed by atoms with Gasteiger partial charge in [-0.15, -0.1) is 0 Å². The number of hydrogen-bond acceptors (Lipinski definition) is 5. The Balaban J connectivity index is 1.57. The molecule has 6 heteroatoms. The fourth-order valence-corrected chi connectivity index (χ4v) is 3.62. The number of hydrogen-bond donors (Lipinski definition) is 1. The van der Waals surface area contributed by atoms with Crippen LogP contribution in [0.15, 0.2) is 78.9 Å². The van der Waals surface area contributed by atoms with Crippen LogP contribution < -0.4 is 24.3 Å². The maximum atomic E-state index is 13.0. The van der Waals surface area contributed by atoms with E-state index in [0.717, 1.165) is 22.1 Å². The van der Waals surface area contributed by atoms with E-state index in [1.807, 2.05) is 42.5 Å². The van der Waals surface area contributed by atoms with Gasteiger partial charge in [0.05, 0.1) is 27.0 Å². The molecule has 1 amide bonds. The first-order chi connectivity index (χ1) is 16.1. The van der Waals surface area contributed by atoms with Gasteiger partial charge in [-0.3, -0.25) is 4.79 Å². The van der Waals surface area contributed by atoms with E-state index in [0.29, 0.717) is 28.5 Å². The Morgan fingerprint density at radius 3 is 2.30 bits per heavy atom. The Hall–Kier alpha value is -4.19. The molecule has 0 unspecified atom stereocenters. The Morgan fingerprint density at radius 1 is 0.758 bits per heavy atom. The third-order valence-corrected chi connectivity index (χ3v) is 5.33. The number of benzene rings is 4. The van der Waals surface area contributed by atoms with E-state index in [1.165, 1.54) is 0 Å². The van der Waals surface area contributed by atoms with Crippen LogP contribution in [0.3, 0.4) is 0 Å². The van der Waals surface area contributed by atoms with Gasteiger partial charge >= 0.3 is 0 Å². The van der Waals surface area contributed by atoms with Crippen molar-refractivity contribution in [3.8, 4) is 23.0 Å². The summed E-state index contributed by atoms with van der Waals surface area (Å²) in [6, 6.07) is 24.4. The van der Waals surface area contributed by atoms with Crippen molar-refractivity contribution in [1.29, 1.82) is 0 Å². The molecule has 4 aromatic carbocycles. The maximum Gasteiger partial charge on any atom is 0.255 e. The lowest BCUT2D eigenvalue weighted by atomic mass is 10.1. The number of nitrogens with one attached hydrogen (secondary N) is 1. The molecular formula is C27H25NO5. The summed E-state index contributed by atoms with van der Waals surface area (Å²) in [6.07, 6.45) is 0. The summed E-state index contributed by atoms with van der Waals surface area (Å²) in [5.41, 5.74) is 1.75. The fraction of sp³-hybridized carbons (Fsp3) is 0.148. The highest BCUT2D eigenvalue weighted by Gasteiger charge is 2.14. The van der Waals surface area contributed by atoms with Crippen LogP contribution in [0.1, 0.15) is 15.9 Å². The molecule has 33 heavy (non-hydrogen) atoms. The van der Waals surface area contributed by atoms with E-state index in [4.69, 9.17) is 18.9 Å². The molecule has 0 saturated carbocycles. The lowest BCUT2D eigenvalue weighted by Gasteiger charge is -2.15. The van der Waals surface area contributed by atoms with Gasteiger partial charge in [0.2, 0.25) is 0 Å². The quantitative estimate of drug-likeness (QED) is 0.379. The Labute approximate surface area is 192 Å². The van der Waals surface area contributed by atoms with Crippen molar-refractivity contribution in [2.75, 3.05) is 26.6 Å². The minimum atomic E-state index is -0.282. The summed E-state index contributed by atoms with van der Waals surface area (Å²) in [4.78, 5) is 13.0. The van der Waals surface area contributed by atoms with Crippen LogP contribution in [0.25, 0.3) is 10.8 Å². The van der Waals surface area contributed by atoms with Crippen LogP contribution in [0.4, 0.5) is 5.69 Å². The van der Waals surface area contributed by atoms with E-state index >= 15 is 0 Å². The second-order valence-electron chi connectivity index (χ2n) is 7.31. The van der Waals surface area contributed by atoms with Gasteiger partial charge in [-0.05, 0) is 41.8 Å². The van der Waals surface area contributed by atoms with Gasteiger partial charge in [-0.2, -0.15) is 0 Å². The molecule has 6 nitrogen and oxygen atoms in total. The molecule has 0 aliphatic carbocycles. The van der Waals surface area contributed by atoms with Crippen molar-refractivity contribution in [2.45, 2.75) is 6.61 Å². The highest BCUT2D eigenvalue weighted by molar-refractivity contribution is 6.05. The second kappa shape index (κ2) is 9.96. The number of methoxy groups -OCH3 is 3. The molecule has 0 spiro atoms. The van der Waals surface area contributed by atoms with Crippen LogP contribution in [0.5, 0.6) is 23.0 Å². The van der Waals surface area contributed by atoms with Gasteiger partial charge < -0.3 is 24.3 Å². The summed E-state index contributed by atoms with van der Waals surface area (Å²) in [5, 5.41) is 5.01. The summed E-state index contributed by atoms with van der Waals surface area (Å²) >= 11 is 0. The van der Waals surface area contributed by atoms with Gasteiger partial charge in [-0.25, -0.2) is 0 Å². The van der Waals surface area contributed by atoms with Crippen LogP contribution >= 0.6 is 0 Å². The predicted molar refractivity (Wildman–Crippen MR) is 129 cm³/mol. The summed E-state index contributed by atoms with van der Waals surface area (Å²) < 4.78 is 22.2. The van der Waals surface area contributed by atoms with E-state index in [9.17, 15) is 4.79 Å². The summed E-state index contributed by atoms with van der Waals surface area (Å²) in [7, 11) is 4.71. The lowest BCUT2D eigenvalue weighted by Crippen LogP contribution is -2.13. The molecule has 1 N–H and O–H groups in total. The first-order valence-electron chi connectivity index (χ1n) is 10.4. The molecule has 168 valence electrons. The molecule has 4 rings (SSSR count). The van der Waals surface area contributed by atoms with Crippen molar-refractivity contribution >= 4 is 22.4 Å². The Morgan fingerprint density at radius 2 is 1.52 bits per heavy atom. The highest BCUT2D eigenvalue weighted by Crippen LogP contribution is 2.31. The second-order valence-corrected chi connectivity index (χ2v) is 7.31. The number of ether oxygens (including phenoxy) is 4. The molecule has 0 aliphatic heterocycles.